The molecule has 10 atom stereocenters. The molecule has 3 heteroatoms. The van der Waals surface area contributed by atoms with E-state index < -0.39 is 6.10 Å². The minimum Gasteiger partial charge on any atom is -0.396 e. The SMILES string of the molecule is CC1(CO)CC[C@]2(C)CC[C@]3(C)C(=C[C@@H](O)[C@@H]4[C@@]5(C)CC[C@H](O)C(C)(C)C5CC[C@]43C)[C@@H]2C1. The van der Waals surface area contributed by atoms with Gasteiger partial charge < -0.3 is 15.3 Å². The largest absolute Gasteiger partial charge is 0.396 e. The van der Waals surface area contributed by atoms with Gasteiger partial charge in [-0.2, -0.15) is 0 Å². The summed E-state index contributed by atoms with van der Waals surface area (Å²) >= 11 is 0. The van der Waals surface area contributed by atoms with E-state index in [0.29, 0.717) is 17.3 Å². The van der Waals surface area contributed by atoms with Crippen molar-refractivity contribution in [2.24, 2.45) is 50.2 Å². The molecule has 33 heavy (non-hydrogen) atoms. The molecule has 0 aromatic heterocycles. The molecule has 0 heterocycles. The van der Waals surface area contributed by atoms with Crippen LogP contribution < -0.4 is 0 Å². The Hall–Kier alpha value is -0.380. The van der Waals surface area contributed by atoms with Gasteiger partial charge in [0.15, 0.2) is 0 Å². The van der Waals surface area contributed by atoms with Gasteiger partial charge in [0.1, 0.15) is 0 Å². The highest BCUT2D eigenvalue weighted by molar-refractivity contribution is 5.35. The van der Waals surface area contributed by atoms with Crippen molar-refractivity contribution in [1.82, 2.24) is 0 Å². The van der Waals surface area contributed by atoms with Crippen LogP contribution in [0.25, 0.3) is 0 Å². The van der Waals surface area contributed by atoms with E-state index in [9.17, 15) is 15.3 Å². The normalized spacial score (nSPS) is 57.8. The summed E-state index contributed by atoms with van der Waals surface area (Å²) in [7, 11) is 0. The van der Waals surface area contributed by atoms with Gasteiger partial charge >= 0.3 is 0 Å². The molecular weight excluding hydrogens is 408 g/mol. The molecule has 0 amide bonds. The molecule has 0 bridgehead atoms. The fourth-order valence-corrected chi connectivity index (χ4v) is 10.7. The third-order valence-electron chi connectivity index (χ3n) is 13.2. The summed E-state index contributed by atoms with van der Waals surface area (Å²) in [5.74, 6) is 1.15. The number of aliphatic hydroxyl groups excluding tert-OH is 3. The zero-order valence-electron chi connectivity index (χ0n) is 22.4. The lowest BCUT2D eigenvalue weighted by molar-refractivity contribution is -0.224. The number of hydrogen-bond donors (Lipinski definition) is 3. The maximum atomic E-state index is 11.9. The molecule has 3 nitrogen and oxygen atoms in total. The molecule has 3 N–H and O–H groups in total. The molecule has 5 rings (SSSR count). The summed E-state index contributed by atoms with van der Waals surface area (Å²) in [5.41, 5.74) is 1.93. The number of aliphatic hydroxyl groups is 3. The number of fused-ring (bicyclic) bond motifs is 7. The van der Waals surface area contributed by atoms with Crippen LogP contribution in [-0.2, 0) is 0 Å². The highest BCUT2D eigenvalue weighted by atomic mass is 16.3. The van der Waals surface area contributed by atoms with Gasteiger partial charge in [0.05, 0.1) is 12.2 Å². The van der Waals surface area contributed by atoms with Crippen LogP contribution in [0.4, 0.5) is 0 Å². The van der Waals surface area contributed by atoms with Crippen molar-refractivity contribution in [3.05, 3.63) is 11.6 Å². The Labute approximate surface area is 202 Å². The topological polar surface area (TPSA) is 60.7 Å². The monoisotopic (exact) mass is 458 g/mol. The minimum absolute atomic E-state index is 0.000849. The van der Waals surface area contributed by atoms with Gasteiger partial charge in [0.25, 0.3) is 0 Å². The third-order valence-corrected chi connectivity index (χ3v) is 13.2. The first kappa shape index (κ1) is 24.3. The summed E-state index contributed by atoms with van der Waals surface area (Å²) in [6.45, 7) is 17.1. The van der Waals surface area contributed by atoms with E-state index in [1.165, 1.54) is 24.8 Å². The maximum Gasteiger partial charge on any atom is 0.0762 e. The molecule has 4 fully saturated rings. The summed E-state index contributed by atoms with van der Waals surface area (Å²) in [6, 6.07) is 0. The number of hydrogen-bond acceptors (Lipinski definition) is 3. The van der Waals surface area contributed by atoms with Crippen molar-refractivity contribution < 1.29 is 15.3 Å². The fourth-order valence-electron chi connectivity index (χ4n) is 10.7. The number of allylic oxidation sites excluding steroid dienone is 1. The van der Waals surface area contributed by atoms with Crippen LogP contribution >= 0.6 is 0 Å². The molecule has 4 saturated carbocycles. The van der Waals surface area contributed by atoms with Crippen LogP contribution in [0.2, 0.25) is 0 Å². The van der Waals surface area contributed by atoms with Gasteiger partial charge in [-0.05, 0) is 102 Å². The Bertz CT molecular complexity index is 847. The highest BCUT2D eigenvalue weighted by Crippen LogP contribution is 2.75. The van der Waals surface area contributed by atoms with Crippen LogP contribution in [-0.4, -0.2) is 34.1 Å². The van der Waals surface area contributed by atoms with E-state index in [-0.39, 0.29) is 45.7 Å². The predicted octanol–water partition coefficient (Wildman–Crippen LogP) is 6.11. The quantitative estimate of drug-likeness (QED) is 0.415. The van der Waals surface area contributed by atoms with Crippen molar-refractivity contribution in [3.63, 3.8) is 0 Å². The lowest BCUT2D eigenvalue weighted by Crippen LogP contribution is -2.67. The average molecular weight is 459 g/mol. The summed E-state index contributed by atoms with van der Waals surface area (Å²) in [6.07, 6.45) is 11.6. The molecule has 0 aromatic carbocycles. The Kier molecular flexibility index (Phi) is 5.23. The molecule has 2 unspecified atom stereocenters. The smallest absolute Gasteiger partial charge is 0.0762 e. The van der Waals surface area contributed by atoms with Gasteiger partial charge in [0, 0.05) is 12.5 Å². The van der Waals surface area contributed by atoms with Gasteiger partial charge in [-0.15, -0.1) is 0 Å². The predicted molar refractivity (Wildman–Crippen MR) is 134 cm³/mol. The standard InChI is InChI=1S/C30H50O3/c1-25(2)22-8-11-30(7)24(28(22,5)10-9-23(25)33)21(32)16-19-20-17-26(3,18-31)12-13-27(20,4)14-15-29(19,30)6/h16,20-24,31-33H,8-15,17-18H2,1-7H3/t20-,21+,22?,23-,24+,26?,27+,28-,29+,30+/m0/s1. The maximum absolute atomic E-state index is 11.9. The van der Waals surface area contributed by atoms with Crippen molar-refractivity contribution in [1.29, 1.82) is 0 Å². The molecule has 5 aliphatic carbocycles. The van der Waals surface area contributed by atoms with Crippen molar-refractivity contribution >= 4 is 0 Å². The molecule has 0 aliphatic heterocycles. The van der Waals surface area contributed by atoms with Gasteiger partial charge in [-0.3, -0.25) is 0 Å². The van der Waals surface area contributed by atoms with Crippen molar-refractivity contribution in [3.8, 4) is 0 Å². The Balaban J connectivity index is 1.61. The summed E-state index contributed by atoms with van der Waals surface area (Å²) < 4.78 is 0. The Morgan fingerprint density at radius 3 is 2.18 bits per heavy atom. The molecule has 5 aliphatic rings. The van der Waals surface area contributed by atoms with E-state index in [2.05, 4.69) is 54.5 Å². The number of rotatable bonds is 1. The summed E-state index contributed by atoms with van der Waals surface area (Å²) in [5, 5.41) is 33.0. The molecule has 188 valence electrons. The van der Waals surface area contributed by atoms with E-state index in [0.717, 1.165) is 38.5 Å². The fraction of sp³-hybridized carbons (Fsp3) is 0.933. The van der Waals surface area contributed by atoms with Crippen molar-refractivity contribution in [2.75, 3.05) is 6.61 Å². The average Bonchev–Trinajstić information content (AvgIpc) is 2.74. The lowest BCUT2D eigenvalue weighted by Gasteiger charge is -2.72. The Morgan fingerprint density at radius 2 is 1.52 bits per heavy atom. The zero-order valence-corrected chi connectivity index (χ0v) is 22.4. The highest BCUT2D eigenvalue weighted by Gasteiger charge is 2.69. The minimum atomic E-state index is -0.415. The van der Waals surface area contributed by atoms with Crippen LogP contribution in [0.15, 0.2) is 11.6 Å². The first-order valence-electron chi connectivity index (χ1n) is 13.9. The van der Waals surface area contributed by atoms with Gasteiger partial charge in [0.2, 0.25) is 0 Å². The lowest BCUT2D eigenvalue weighted by atomic mass is 9.33. The first-order chi connectivity index (χ1) is 15.2. The van der Waals surface area contributed by atoms with Crippen LogP contribution in [0, 0.1) is 50.2 Å². The van der Waals surface area contributed by atoms with E-state index in [1.807, 2.05) is 0 Å². The first-order valence-corrected chi connectivity index (χ1v) is 13.9. The van der Waals surface area contributed by atoms with E-state index in [1.54, 1.807) is 0 Å². The Morgan fingerprint density at radius 1 is 0.848 bits per heavy atom. The second-order valence-corrected chi connectivity index (χ2v) is 15.2. The molecule has 0 radical (unpaired) electrons. The second-order valence-electron chi connectivity index (χ2n) is 15.2. The van der Waals surface area contributed by atoms with Crippen LogP contribution in [0.5, 0.6) is 0 Å². The van der Waals surface area contributed by atoms with E-state index in [4.69, 9.17) is 0 Å². The molecule has 0 aromatic rings. The van der Waals surface area contributed by atoms with Crippen LogP contribution in [0.1, 0.15) is 106 Å². The third kappa shape index (κ3) is 2.97. The molecule has 0 spiro atoms. The van der Waals surface area contributed by atoms with Crippen molar-refractivity contribution in [2.45, 2.75) is 118 Å². The second kappa shape index (κ2) is 7.10. The summed E-state index contributed by atoms with van der Waals surface area (Å²) in [4.78, 5) is 0. The molecule has 0 saturated heterocycles. The van der Waals surface area contributed by atoms with Gasteiger partial charge in [-0.25, -0.2) is 0 Å². The van der Waals surface area contributed by atoms with Gasteiger partial charge in [-0.1, -0.05) is 60.1 Å². The zero-order chi connectivity index (χ0) is 24.2. The van der Waals surface area contributed by atoms with Crippen LogP contribution in [0.3, 0.4) is 0 Å². The molecular formula is C30H50O3. The van der Waals surface area contributed by atoms with E-state index >= 15 is 0 Å².